The Bertz CT molecular complexity index is 787. The zero-order chi connectivity index (χ0) is 19.1. The molecule has 0 unspecified atom stereocenters. The van der Waals surface area contributed by atoms with Crippen molar-refractivity contribution in [2.45, 2.75) is 32.4 Å². The van der Waals surface area contributed by atoms with Crippen molar-refractivity contribution in [3.05, 3.63) is 64.7 Å². The first-order valence-corrected chi connectivity index (χ1v) is 9.72. The van der Waals surface area contributed by atoms with E-state index in [1.54, 1.807) is 12.1 Å². The van der Waals surface area contributed by atoms with E-state index in [-0.39, 0.29) is 11.9 Å². The van der Waals surface area contributed by atoms with E-state index in [1.807, 2.05) is 31.2 Å². The molecule has 0 spiro atoms. The van der Waals surface area contributed by atoms with Gasteiger partial charge in [0.25, 0.3) is 0 Å². The van der Waals surface area contributed by atoms with Crippen molar-refractivity contribution in [3.63, 3.8) is 0 Å². The number of rotatable bonds is 7. The van der Waals surface area contributed by atoms with Crippen LogP contribution in [-0.2, 0) is 15.3 Å². The molecule has 0 atom stereocenters. The van der Waals surface area contributed by atoms with Crippen molar-refractivity contribution in [2.24, 2.45) is 0 Å². The summed E-state index contributed by atoms with van der Waals surface area (Å²) in [6.45, 7) is 6.24. The number of nitrogens with one attached hydrogen (secondary N) is 1. The van der Waals surface area contributed by atoms with Gasteiger partial charge in [-0.1, -0.05) is 44.2 Å². The molecule has 0 saturated heterocycles. The smallest absolute Gasteiger partial charge is 0.337 e. The second-order valence-electron chi connectivity index (χ2n) is 6.43. The number of hydrogen-bond donors (Lipinski definition) is 1. The average Bonchev–Trinajstić information content (AvgIpc) is 2.62. The number of esters is 1. The number of aryl methyl sites for hydroxylation is 1. The number of amides is 1. The van der Waals surface area contributed by atoms with Crippen LogP contribution in [0.15, 0.2) is 42.5 Å². The highest BCUT2D eigenvalue weighted by Gasteiger charge is 2.12. The van der Waals surface area contributed by atoms with Gasteiger partial charge < -0.3 is 10.1 Å². The lowest BCUT2D eigenvalue weighted by atomic mass is 9.98. The van der Waals surface area contributed by atoms with Crippen LogP contribution < -0.4 is 5.32 Å². The maximum atomic E-state index is 12.3. The van der Waals surface area contributed by atoms with Crippen LogP contribution in [0.5, 0.6) is 0 Å². The first-order chi connectivity index (χ1) is 12.4. The fourth-order valence-corrected chi connectivity index (χ4v) is 3.46. The van der Waals surface area contributed by atoms with Gasteiger partial charge in [-0.3, -0.25) is 4.79 Å². The summed E-state index contributed by atoms with van der Waals surface area (Å²) in [4.78, 5) is 23.9. The van der Waals surface area contributed by atoms with Gasteiger partial charge in [0, 0.05) is 11.4 Å². The highest BCUT2D eigenvalue weighted by Crippen LogP contribution is 2.27. The fraction of sp³-hybridized carbons (Fsp3) is 0.333. The van der Waals surface area contributed by atoms with Crippen LogP contribution in [0, 0.1) is 6.92 Å². The molecule has 1 amide bonds. The summed E-state index contributed by atoms with van der Waals surface area (Å²) in [5, 5.41) is 3.05. The van der Waals surface area contributed by atoms with Crippen molar-refractivity contribution < 1.29 is 14.3 Å². The Morgan fingerprint density at radius 2 is 1.88 bits per heavy atom. The van der Waals surface area contributed by atoms with Crippen molar-refractivity contribution in [3.8, 4) is 0 Å². The number of anilines is 1. The first-order valence-electron chi connectivity index (χ1n) is 8.56. The molecule has 26 heavy (non-hydrogen) atoms. The summed E-state index contributed by atoms with van der Waals surface area (Å²) in [7, 11) is 1.37. The molecule has 2 aromatic rings. The van der Waals surface area contributed by atoms with Crippen molar-refractivity contribution >= 4 is 29.3 Å². The van der Waals surface area contributed by atoms with Gasteiger partial charge in [0.2, 0.25) is 5.91 Å². The number of carbonyl (C=O) groups excluding carboxylic acids is 2. The third-order valence-corrected chi connectivity index (χ3v) is 5.05. The molecule has 0 aliphatic carbocycles. The molecule has 0 radical (unpaired) electrons. The molecule has 4 nitrogen and oxygen atoms in total. The minimum Gasteiger partial charge on any atom is -0.465 e. The van der Waals surface area contributed by atoms with E-state index in [0.29, 0.717) is 23.0 Å². The molecule has 5 heteroatoms. The van der Waals surface area contributed by atoms with Crippen molar-refractivity contribution in [2.75, 3.05) is 18.2 Å². The highest BCUT2D eigenvalue weighted by atomic mass is 32.2. The summed E-state index contributed by atoms with van der Waals surface area (Å²) < 4.78 is 4.73. The van der Waals surface area contributed by atoms with Crippen LogP contribution in [-0.4, -0.2) is 24.7 Å². The lowest BCUT2D eigenvalue weighted by Crippen LogP contribution is -2.16. The van der Waals surface area contributed by atoms with Gasteiger partial charge in [-0.05, 0) is 41.7 Å². The zero-order valence-corrected chi connectivity index (χ0v) is 16.5. The zero-order valence-electron chi connectivity index (χ0n) is 15.7. The molecular formula is C21H25NO3S. The van der Waals surface area contributed by atoms with Crippen LogP contribution in [0.4, 0.5) is 5.69 Å². The minimum absolute atomic E-state index is 0.0182. The quantitative estimate of drug-likeness (QED) is 0.712. The minimum atomic E-state index is -0.352. The third kappa shape index (κ3) is 5.36. The maximum Gasteiger partial charge on any atom is 0.337 e. The lowest BCUT2D eigenvalue weighted by Gasteiger charge is -2.16. The van der Waals surface area contributed by atoms with Crippen LogP contribution in [0.1, 0.15) is 46.8 Å². The number of thioether (sulfide) groups is 1. The Balaban J connectivity index is 1.93. The summed E-state index contributed by atoms with van der Waals surface area (Å²) in [5.74, 6) is 0.988. The van der Waals surface area contributed by atoms with Crippen molar-refractivity contribution in [1.29, 1.82) is 0 Å². The molecule has 0 bridgehead atoms. The molecule has 2 rings (SSSR count). The summed E-state index contributed by atoms with van der Waals surface area (Å²) in [5.41, 5.74) is 4.65. The van der Waals surface area contributed by atoms with Gasteiger partial charge in [-0.15, -0.1) is 11.8 Å². The van der Waals surface area contributed by atoms with E-state index >= 15 is 0 Å². The molecule has 0 fully saturated rings. The van der Waals surface area contributed by atoms with Gasteiger partial charge in [-0.25, -0.2) is 4.79 Å². The predicted molar refractivity (Wildman–Crippen MR) is 108 cm³/mol. The Hall–Kier alpha value is -2.27. The number of ether oxygens (including phenoxy) is 1. The topological polar surface area (TPSA) is 55.4 Å². The second-order valence-corrected chi connectivity index (χ2v) is 7.41. The fourth-order valence-electron chi connectivity index (χ4n) is 2.69. The molecular weight excluding hydrogens is 346 g/mol. The van der Waals surface area contributed by atoms with E-state index in [2.05, 4.69) is 25.2 Å². The lowest BCUT2D eigenvalue weighted by molar-refractivity contribution is -0.113. The Labute approximate surface area is 159 Å². The molecule has 138 valence electrons. The number of para-hydroxylation sites is 1. The van der Waals surface area contributed by atoms with Crippen molar-refractivity contribution in [1.82, 2.24) is 0 Å². The van der Waals surface area contributed by atoms with Crippen LogP contribution in [0.2, 0.25) is 0 Å². The third-order valence-electron chi connectivity index (χ3n) is 4.04. The number of carbonyl (C=O) groups is 2. The first kappa shape index (κ1) is 20.0. The van der Waals surface area contributed by atoms with Gasteiger partial charge in [0.15, 0.2) is 0 Å². The van der Waals surface area contributed by atoms with E-state index in [1.165, 1.54) is 18.9 Å². The Kier molecular flexibility index (Phi) is 7.27. The maximum absolute atomic E-state index is 12.3. The Morgan fingerprint density at radius 3 is 2.58 bits per heavy atom. The summed E-state index contributed by atoms with van der Waals surface area (Å²) >= 11 is 1.52. The molecule has 1 N–H and O–H groups in total. The Morgan fingerprint density at radius 1 is 1.15 bits per heavy atom. The summed E-state index contributed by atoms with van der Waals surface area (Å²) in [6, 6.07) is 13.4. The molecule has 0 saturated carbocycles. The SMILES string of the molecule is COC(=O)c1cccc(CSCC(=O)Nc2c(C)cccc2C(C)C)c1. The van der Waals surface area contributed by atoms with Gasteiger partial charge in [-0.2, -0.15) is 0 Å². The highest BCUT2D eigenvalue weighted by molar-refractivity contribution is 7.99. The van der Waals surface area contributed by atoms with Crippen LogP contribution in [0.25, 0.3) is 0 Å². The van der Waals surface area contributed by atoms with Gasteiger partial charge >= 0.3 is 5.97 Å². The van der Waals surface area contributed by atoms with E-state index in [4.69, 9.17) is 4.74 Å². The van der Waals surface area contributed by atoms with E-state index in [0.717, 1.165) is 22.4 Å². The summed E-state index contributed by atoms with van der Waals surface area (Å²) in [6.07, 6.45) is 0. The van der Waals surface area contributed by atoms with Gasteiger partial charge in [0.1, 0.15) is 0 Å². The second kappa shape index (κ2) is 9.43. The van der Waals surface area contributed by atoms with Crippen LogP contribution in [0.3, 0.4) is 0 Å². The van der Waals surface area contributed by atoms with Gasteiger partial charge in [0.05, 0.1) is 18.4 Å². The number of benzene rings is 2. The normalized spacial score (nSPS) is 10.7. The molecule has 0 aromatic heterocycles. The molecule has 0 aliphatic heterocycles. The monoisotopic (exact) mass is 371 g/mol. The molecule has 2 aromatic carbocycles. The van der Waals surface area contributed by atoms with Crippen LogP contribution >= 0.6 is 11.8 Å². The predicted octanol–water partition coefficient (Wildman–Crippen LogP) is 4.78. The molecule has 0 aliphatic rings. The standard InChI is InChI=1S/C21H25NO3S/c1-14(2)18-10-5-7-15(3)20(18)22-19(23)13-26-12-16-8-6-9-17(11-16)21(24)25-4/h5-11,14H,12-13H2,1-4H3,(H,22,23). The largest absolute Gasteiger partial charge is 0.465 e. The van der Waals surface area contributed by atoms with E-state index < -0.39 is 0 Å². The van der Waals surface area contributed by atoms with E-state index in [9.17, 15) is 9.59 Å². The number of methoxy groups -OCH3 is 1. The molecule has 0 heterocycles. The number of hydrogen-bond acceptors (Lipinski definition) is 4. The average molecular weight is 372 g/mol.